The van der Waals surface area contributed by atoms with E-state index in [0.29, 0.717) is 5.91 Å². The van der Waals surface area contributed by atoms with Crippen LogP contribution >= 0.6 is 0 Å². The zero-order chi connectivity index (χ0) is 10.3. The summed E-state index contributed by atoms with van der Waals surface area (Å²) < 4.78 is 2.17. The number of hydrogen-bond donors (Lipinski definition) is 0. The predicted molar refractivity (Wildman–Crippen MR) is 58.1 cm³/mol. The van der Waals surface area contributed by atoms with Gasteiger partial charge in [0.1, 0.15) is 0 Å². The first-order valence-electron chi connectivity index (χ1n) is 5.07. The van der Waals surface area contributed by atoms with Gasteiger partial charge in [0, 0.05) is 13.0 Å². The zero-order valence-corrected chi connectivity index (χ0v) is 10.5. The van der Waals surface area contributed by atoms with Crippen LogP contribution in [0.4, 0.5) is 0 Å². The van der Waals surface area contributed by atoms with Crippen molar-refractivity contribution < 1.29 is 4.79 Å². The first-order chi connectivity index (χ1) is 5.77. The number of rotatable bonds is 1. The molecule has 0 saturated carbocycles. The Balaban J connectivity index is 2.86. The number of hydrogen-bond acceptors (Lipinski definition) is 1. The Morgan fingerprint density at radius 3 is 2.15 bits per heavy atom. The van der Waals surface area contributed by atoms with Gasteiger partial charge < -0.3 is 4.57 Å². The van der Waals surface area contributed by atoms with Gasteiger partial charge in [-0.1, -0.05) is 33.9 Å². The Labute approximate surface area is 82.4 Å². The second kappa shape index (κ2) is 3.12. The standard InChI is InChI=1S/C10H21NOSi/c1-10(2,3)13(4,5)11-8-6-7-9(11)12/h6-8H2,1-5H3. The van der Waals surface area contributed by atoms with Gasteiger partial charge in [-0.3, -0.25) is 4.79 Å². The highest BCUT2D eigenvalue weighted by atomic mass is 28.3. The third-order valence-electron chi connectivity index (χ3n) is 3.58. The van der Waals surface area contributed by atoms with Crippen molar-refractivity contribution in [2.45, 2.75) is 51.7 Å². The molecule has 0 aliphatic carbocycles. The summed E-state index contributed by atoms with van der Waals surface area (Å²) in [5, 5.41) is 0.285. The maximum Gasteiger partial charge on any atom is 0.214 e. The van der Waals surface area contributed by atoms with Gasteiger partial charge in [0.2, 0.25) is 5.91 Å². The molecule has 0 bridgehead atoms. The van der Waals surface area contributed by atoms with Crippen molar-refractivity contribution in [3.05, 3.63) is 0 Å². The molecule has 1 rings (SSSR count). The van der Waals surface area contributed by atoms with E-state index >= 15 is 0 Å². The lowest BCUT2D eigenvalue weighted by Gasteiger charge is -2.43. The monoisotopic (exact) mass is 199 g/mol. The minimum atomic E-state index is -1.55. The quantitative estimate of drug-likeness (QED) is 0.594. The summed E-state index contributed by atoms with van der Waals surface area (Å²) in [6.07, 6.45) is 1.83. The predicted octanol–water partition coefficient (Wildman–Crippen LogP) is 2.61. The first-order valence-corrected chi connectivity index (χ1v) is 8.02. The molecule has 0 N–H and O–H groups in total. The topological polar surface area (TPSA) is 20.3 Å². The van der Waals surface area contributed by atoms with E-state index in [2.05, 4.69) is 38.4 Å². The average molecular weight is 199 g/mol. The van der Waals surface area contributed by atoms with Crippen molar-refractivity contribution in [1.29, 1.82) is 0 Å². The molecule has 1 aliphatic heterocycles. The molecule has 76 valence electrons. The second-order valence-electron chi connectivity index (χ2n) is 5.46. The smallest absolute Gasteiger partial charge is 0.214 e. The van der Waals surface area contributed by atoms with E-state index in [1.54, 1.807) is 0 Å². The summed E-state index contributed by atoms with van der Waals surface area (Å²) in [6.45, 7) is 12.4. The highest BCUT2D eigenvalue weighted by molar-refractivity contribution is 6.79. The number of carbonyl (C=O) groups excluding carboxylic acids is 1. The molecule has 0 radical (unpaired) electrons. The Hall–Kier alpha value is -0.313. The molecule has 0 spiro atoms. The van der Waals surface area contributed by atoms with Gasteiger partial charge >= 0.3 is 0 Å². The van der Waals surface area contributed by atoms with Gasteiger partial charge in [0.25, 0.3) is 0 Å². The number of nitrogens with zero attached hydrogens (tertiary/aromatic N) is 1. The minimum absolute atomic E-state index is 0.285. The molecule has 1 saturated heterocycles. The van der Waals surface area contributed by atoms with Crippen molar-refractivity contribution in [2.75, 3.05) is 6.54 Å². The van der Waals surface area contributed by atoms with Crippen LogP contribution in [0, 0.1) is 0 Å². The fourth-order valence-corrected chi connectivity index (χ4v) is 3.91. The van der Waals surface area contributed by atoms with Crippen molar-refractivity contribution in [3.8, 4) is 0 Å². The Kier molecular flexibility index (Phi) is 2.58. The summed E-state index contributed by atoms with van der Waals surface area (Å²) in [6, 6.07) is 0. The molecule has 0 aromatic carbocycles. The fraction of sp³-hybridized carbons (Fsp3) is 0.900. The van der Waals surface area contributed by atoms with Crippen molar-refractivity contribution in [2.24, 2.45) is 0 Å². The van der Waals surface area contributed by atoms with Crippen molar-refractivity contribution in [3.63, 3.8) is 0 Å². The largest absolute Gasteiger partial charge is 0.369 e. The van der Waals surface area contributed by atoms with Crippen LogP contribution in [0.3, 0.4) is 0 Å². The van der Waals surface area contributed by atoms with E-state index in [-0.39, 0.29) is 5.04 Å². The minimum Gasteiger partial charge on any atom is -0.369 e. The van der Waals surface area contributed by atoms with Crippen LogP contribution in [-0.4, -0.2) is 25.3 Å². The molecule has 3 heteroatoms. The highest BCUT2D eigenvalue weighted by Gasteiger charge is 2.44. The first kappa shape index (κ1) is 10.8. The third kappa shape index (κ3) is 1.80. The molecule has 1 amide bonds. The third-order valence-corrected chi connectivity index (χ3v) is 9.08. The van der Waals surface area contributed by atoms with Gasteiger partial charge in [-0.05, 0) is 11.5 Å². The molecule has 0 aromatic rings. The maximum absolute atomic E-state index is 11.6. The normalized spacial score (nSPS) is 19.8. The molecule has 1 fully saturated rings. The fourth-order valence-electron chi connectivity index (χ4n) is 1.64. The van der Waals surface area contributed by atoms with Gasteiger partial charge in [-0.25, -0.2) is 0 Å². The van der Waals surface area contributed by atoms with Crippen LogP contribution in [0.15, 0.2) is 0 Å². The van der Waals surface area contributed by atoms with E-state index < -0.39 is 8.24 Å². The Morgan fingerprint density at radius 2 is 1.85 bits per heavy atom. The molecular weight excluding hydrogens is 178 g/mol. The molecule has 2 nitrogen and oxygen atoms in total. The van der Waals surface area contributed by atoms with Crippen LogP contribution in [0.5, 0.6) is 0 Å². The summed E-state index contributed by atoms with van der Waals surface area (Å²) in [5.74, 6) is 0.381. The van der Waals surface area contributed by atoms with Gasteiger partial charge in [-0.15, -0.1) is 0 Å². The van der Waals surface area contributed by atoms with Crippen molar-refractivity contribution >= 4 is 14.1 Å². The summed E-state index contributed by atoms with van der Waals surface area (Å²) in [7, 11) is -1.55. The average Bonchev–Trinajstić information content (AvgIpc) is 2.32. The summed E-state index contributed by atoms with van der Waals surface area (Å²) in [5.41, 5.74) is 0. The van der Waals surface area contributed by atoms with E-state index in [1.807, 2.05) is 0 Å². The summed E-state index contributed by atoms with van der Waals surface area (Å²) in [4.78, 5) is 11.6. The zero-order valence-electron chi connectivity index (χ0n) is 9.48. The lowest BCUT2D eigenvalue weighted by molar-refractivity contribution is -0.124. The van der Waals surface area contributed by atoms with Gasteiger partial charge in [0.05, 0.1) is 0 Å². The molecule has 1 heterocycles. The highest BCUT2D eigenvalue weighted by Crippen LogP contribution is 2.39. The van der Waals surface area contributed by atoms with Crippen LogP contribution in [0.25, 0.3) is 0 Å². The molecule has 0 unspecified atom stereocenters. The number of amides is 1. The molecular formula is C10H21NOSi. The Morgan fingerprint density at radius 1 is 1.31 bits per heavy atom. The molecule has 13 heavy (non-hydrogen) atoms. The lowest BCUT2D eigenvalue weighted by atomic mass is 10.2. The van der Waals surface area contributed by atoms with E-state index in [0.717, 1.165) is 19.4 Å². The van der Waals surface area contributed by atoms with Gasteiger partial charge in [0.15, 0.2) is 8.24 Å². The molecule has 0 aromatic heterocycles. The van der Waals surface area contributed by atoms with Crippen molar-refractivity contribution in [1.82, 2.24) is 4.57 Å². The number of carbonyl (C=O) groups is 1. The van der Waals surface area contributed by atoms with E-state index in [9.17, 15) is 4.79 Å². The molecule has 0 atom stereocenters. The summed E-state index contributed by atoms with van der Waals surface area (Å²) >= 11 is 0. The Bertz CT molecular complexity index is 217. The lowest BCUT2D eigenvalue weighted by Crippen LogP contribution is -2.55. The van der Waals surface area contributed by atoms with Gasteiger partial charge in [-0.2, -0.15) is 0 Å². The van der Waals surface area contributed by atoms with Crippen LogP contribution in [0.2, 0.25) is 18.1 Å². The van der Waals surface area contributed by atoms with Crippen LogP contribution in [0.1, 0.15) is 33.6 Å². The second-order valence-corrected chi connectivity index (χ2v) is 10.6. The van der Waals surface area contributed by atoms with E-state index in [4.69, 9.17) is 0 Å². The van der Waals surface area contributed by atoms with Crippen LogP contribution < -0.4 is 0 Å². The van der Waals surface area contributed by atoms with Crippen LogP contribution in [-0.2, 0) is 4.79 Å². The van der Waals surface area contributed by atoms with E-state index in [1.165, 1.54) is 0 Å². The SMILES string of the molecule is CC(C)(C)[Si](C)(C)N1CCCC1=O. The molecule has 1 aliphatic rings. The maximum atomic E-state index is 11.6.